The fourth-order valence-electron chi connectivity index (χ4n) is 3.51. The Labute approximate surface area is 255 Å². The van der Waals surface area contributed by atoms with Crippen LogP contribution in [0.3, 0.4) is 0 Å². The van der Waals surface area contributed by atoms with E-state index in [4.69, 9.17) is 0 Å². The van der Waals surface area contributed by atoms with Crippen molar-refractivity contribution in [2.75, 3.05) is 0 Å². The third-order valence-electron chi connectivity index (χ3n) is 5.29. The number of aromatic nitrogens is 1. The van der Waals surface area contributed by atoms with Gasteiger partial charge in [-0.15, -0.1) is 42.1 Å². The van der Waals surface area contributed by atoms with Crippen LogP contribution < -0.4 is 0 Å². The van der Waals surface area contributed by atoms with Gasteiger partial charge in [-0.1, -0.05) is 59.6 Å². The summed E-state index contributed by atoms with van der Waals surface area (Å²) in [6.45, 7) is 18.1. The van der Waals surface area contributed by atoms with Crippen molar-refractivity contribution < 1.29 is 25.8 Å². The molecule has 5 aromatic rings. The summed E-state index contributed by atoms with van der Waals surface area (Å²) in [4.78, 5) is 4.28. The van der Waals surface area contributed by atoms with Gasteiger partial charge >= 0.3 is 25.8 Å². The number of hydrogen-bond acceptors (Lipinski definition) is 1. The molecule has 0 saturated heterocycles. The Morgan fingerprint density at radius 3 is 1.26 bits per heavy atom. The van der Waals surface area contributed by atoms with Crippen LogP contribution in [0.25, 0.3) is 5.32 Å². The molecule has 0 bridgehead atoms. The molecule has 0 aliphatic rings. The molecular formula is C36H38HfN2. The molecule has 196 valence electrons. The molecule has 0 aliphatic carbocycles. The van der Waals surface area contributed by atoms with Gasteiger partial charge in [-0.05, 0) is 32.9 Å². The number of pyridine rings is 1. The first-order chi connectivity index (χ1) is 18.3. The zero-order chi connectivity index (χ0) is 27.6. The van der Waals surface area contributed by atoms with Crippen LogP contribution in [0.2, 0.25) is 0 Å². The number of hydrogen-bond donors (Lipinski definition) is 0. The van der Waals surface area contributed by atoms with Crippen LogP contribution in [0.1, 0.15) is 39.1 Å². The average Bonchev–Trinajstić information content (AvgIpc) is 2.91. The van der Waals surface area contributed by atoms with Crippen molar-refractivity contribution >= 4 is 5.69 Å². The second-order valence-electron chi connectivity index (χ2n) is 8.84. The summed E-state index contributed by atoms with van der Waals surface area (Å²) in [5.74, 6) is 0. The summed E-state index contributed by atoms with van der Waals surface area (Å²) in [6.07, 6.45) is 1.81. The number of aryl methyl sites for hydroxylation is 3. The van der Waals surface area contributed by atoms with Gasteiger partial charge in [-0.25, -0.2) is 0 Å². The van der Waals surface area contributed by atoms with Gasteiger partial charge in [0.2, 0.25) is 0 Å². The standard InChI is InChI=1S/C15H17N2.3C7H7.Hf/c1-11-8-12(2)15(13(3)9-11)17-10-14-6-4-5-7-16-14;3*1-7-5-3-2-4-6-7;/h4-9H,10H2,1-3H3;3*2-6H,1H2;/q4*-1;+4. The van der Waals surface area contributed by atoms with Crippen molar-refractivity contribution in [1.29, 1.82) is 0 Å². The molecule has 0 amide bonds. The second-order valence-corrected chi connectivity index (χ2v) is 8.84. The van der Waals surface area contributed by atoms with Gasteiger partial charge in [0.1, 0.15) is 0 Å². The molecule has 3 heteroatoms. The van der Waals surface area contributed by atoms with Gasteiger partial charge in [0.05, 0.1) is 0 Å². The minimum atomic E-state index is 0. The average molecular weight is 677 g/mol. The third-order valence-corrected chi connectivity index (χ3v) is 5.29. The summed E-state index contributed by atoms with van der Waals surface area (Å²) in [6, 6.07) is 39.9. The van der Waals surface area contributed by atoms with E-state index in [9.17, 15) is 0 Å². The van der Waals surface area contributed by atoms with Crippen LogP contribution in [0, 0.1) is 41.5 Å². The molecule has 0 spiro atoms. The topological polar surface area (TPSA) is 27.0 Å². The number of benzene rings is 4. The monoisotopic (exact) mass is 678 g/mol. The second kappa shape index (κ2) is 19.4. The van der Waals surface area contributed by atoms with E-state index in [0.717, 1.165) is 28.1 Å². The fourth-order valence-corrected chi connectivity index (χ4v) is 3.51. The molecule has 0 N–H and O–H groups in total. The molecule has 4 aromatic carbocycles. The van der Waals surface area contributed by atoms with Gasteiger partial charge < -0.3 is 5.32 Å². The molecule has 0 aliphatic heterocycles. The van der Waals surface area contributed by atoms with E-state index in [1.165, 1.54) is 16.7 Å². The first-order valence-electron chi connectivity index (χ1n) is 12.6. The van der Waals surface area contributed by atoms with E-state index < -0.39 is 0 Å². The van der Waals surface area contributed by atoms with Crippen molar-refractivity contribution in [2.45, 2.75) is 27.3 Å². The predicted octanol–water partition coefficient (Wildman–Crippen LogP) is 9.82. The van der Waals surface area contributed by atoms with Crippen LogP contribution in [0.5, 0.6) is 0 Å². The molecule has 0 saturated carbocycles. The van der Waals surface area contributed by atoms with Gasteiger partial charge in [-0.3, -0.25) is 4.98 Å². The van der Waals surface area contributed by atoms with Crippen LogP contribution in [0.15, 0.2) is 128 Å². The van der Waals surface area contributed by atoms with Crippen LogP contribution in [-0.4, -0.2) is 4.98 Å². The Hall–Kier alpha value is -3.69. The maximum atomic E-state index is 4.65. The largest absolute Gasteiger partial charge is 4.00 e. The molecule has 2 nitrogen and oxygen atoms in total. The van der Waals surface area contributed by atoms with Gasteiger partial charge in [0.25, 0.3) is 0 Å². The zero-order valence-corrected chi connectivity index (χ0v) is 26.9. The first-order valence-corrected chi connectivity index (χ1v) is 12.6. The van der Waals surface area contributed by atoms with Gasteiger partial charge in [-0.2, -0.15) is 73.9 Å². The molecule has 1 heterocycles. The van der Waals surface area contributed by atoms with Crippen LogP contribution >= 0.6 is 0 Å². The van der Waals surface area contributed by atoms with E-state index in [2.05, 4.69) is 64.0 Å². The SMILES string of the molecule is Cc1cc(C)c([N-]Cc2ccccn2)c(C)c1.[CH2-]c1ccccc1.[CH2-]c1ccccc1.[CH2-]c1ccccc1.[Hf+4]. The summed E-state index contributed by atoms with van der Waals surface area (Å²) >= 11 is 0. The molecule has 0 atom stereocenters. The molecule has 0 fully saturated rings. The maximum Gasteiger partial charge on any atom is 4.00 e. The molecule has 1 aromatic heterocycles. The van der Waals surface area contributed by atoms with Crippen molar-refractivity contribution in [2.24, 2.45) is 0 Å². The Morgan fingerprint density at radius 2 is 0.949 bits per heavy atom. The number of rotatable bonds is 3. The molecule has 5 rings (SSSR count). The van der Waals surface area contributed by atoms with Crippen molar-refractivity contribution in [3.63, 3.8) is 0 Å². The Morgan fingerprint density at radius 1 is 0.564 bits per heavy atom. The van der Waals surface area contributed by atoms with E-state index in [1.54, 1.807) is 6.20 Å². The van der Waals surface area contributed by atoms with Gasteiger partial charge in [0.15, 0.2) is 0 Å². The quantitative estimate of drug-likeness (QED) is 0.138. The normalized spacial score (nSPS) is 9.10. The summed E-state index contributed by atoms with van der Waals surface area (Å²) in [5.41, 5.74) is 9.08. The third kappa shape index (κ3) is 14.7. The molecule has 0 unspecified atom stereocenters. The van der Waals surface area contributed by atoms with E-state index >= 15 is 0 Å². The van der Waals surface area contributed by atoms with Gasteiger partial charge in [0, 0.05) is 11.9 Å². The molecular weight excluding hydrogens is 639 g/mol. The Kier molecular flexibility index (Phi) is 16.6. The summed E-state index contributed by atoms with van der Waals surface area (Å²) in [5, 5.41) is 4.65. The summed E-state index contributed by atoms with van der Waals surface area (Å²) in [7, 11) is 0. The minimum Gasteiger partial charge on any atom is -0.679 e. The zero-order valence-electron chi connectivity index (χ0n) is 23.3. The van der Waals surface area contributed by atoms with Crippen molar-refractivity contribution in [3.8, 4) is 0 Å². The van der Waals surface area contributed by atoms with Crippen LogP contribution in [-0.2, 0) is 32.4 Å². The van der Waals surface area contributed by atoms with Crippen LogP contribution in [0.4, 0.5) is 5.69 Å². The Balaban J connectivity index is 0.000000288. The Bertz CT molecular complexity index is 1180. The van der Waals surface area contributed by atoms with Crippen molar-refractivity contribution in [3.05, 3.63) is 193 Å². The number of nitrogens with zero attached hydrogens (tertiary/aromatic N) is 2. The molecule has 39 heavy (non-hydrogen) atoms. The van der Waals surface area contributed by atoms with Crippen molar-refractivity contribution in [1.82, 2.24) is 4.98 Å². The maximum absolute atomic E-state index is 4.65. The first kappa shape index (κ1) is 33.3. The van der Waals surface area contributed by atoms with E-state index in [-0.39, 0.29) is 25.8 Å². The fraction of sp³-hybridized carbons (Fsp3) is 0.111. The smallest absolute Gasteiger partial charge is 0.679 e. The van der Waals surface area contributed by atoms with E-state index in [0.29, 0.717) is 6.54 Å². The van der Waals surface area contributed by atoms with E-state index in [1.807, 2.05) is 109 Å². The summed E-state index contributed by atoms with van der Waals surface area (Å²) < 4.78 is 0. The minimum absolute atomic E-state index is 0. The molecule has 0 radical (unpaired) electrons. The predicted molar refractivity (Wildman–Crippen MR) is 164 cm³/mol.